The summed E-state index contributed by atoms with van der Waals surface area (Å²) in [6, 6.07) is 12.4. The Balaban J connectivity index is 1.81. The summed E-state index contributed by atoms with van der Waals surface area (Å²) in [6.45, 7) is 0. The van der Waals surface area contributed by atoms with Gasteiger partial charge in [-0.1, -0.05) is 36.4 Å². The van der Waals surface area contributed by atoms with Gasteiger partial charge in [-0.3, -0.25) is 0 Å². The van der Waals surface area contributed by atoms with Crippen molar-refractivity contribution in [3.05, 3.63) is 53.6 Å². The summed E-state index contributed by atoms with van der Waals surface area (Å²) in [5, 5.41) is 11.2. The van der Waals surface area contributed by atoms with Crippen LogP contribution in [0.3, 0.4) is 0 Å². The molecule has 1 unspecified atom stereocenters. The molecular weight excluding hydrogens is 314 g/mol. The number of aliphatic carboxylic acids is 1. The summed E-state index contributed by atoms with van der Waals surface area (Å²) in [6.07, 6.45) is -0.111. The lowest BCUT2D eigenvalue weighted by Crippen LogP contribution is -2.43. The maximum absolute atomic E-state index is 11.9. The number of hydrogen-bond donors (Lipinski definition) is 3. The summed E-state index contributed by atoms with van der Waals surface area (Å²) >= 11 is 3.90. The van der Waals surface area contributed by atoms with Crippen LogP contribution in [-0.4, -0.2) is 29.0 Å². The first-order valence-electron chi connectivity index (χ1n) is 7.12. The van der Waals surface area contributed by atoms with Crippen LogP contribution in [0.2, 0.25) is 0 Å². The fourth-order valence-electron chi connectivity index (χ4n) is 2.68. The van der Waals surface area contributed by atoms with E-state index in [0.29, 0.717) is 12.2 Å². The summed E-state index contributed by atoms with van der Waals surface area (Å²) in [5.41, 5.74) is 4.28. The Morgan fingerprint density at radius 2 is 1.91 bits per heavy atom. The van der Waals surface area contributed by atoms with E-state index in [-0.39, 0.29) is 5.75 Å². The molecule has 2 aromatic rings. The van der Waals surface area contributed by atoms with Gasteiger partial charge in [-0.2, -0.15) is 12.6 Å². The maximum Gasteiger partial charge on any atom is 0.413 e. The second kappa shape index (κ2) is 6.34. The van der Waals surface area contributed by atoms with Gasteiger partial charge in [-0.15, -0.1) is 0 Å². The van der Waals surface area contributed by atoms with E-state index >= 15 is 0 Å². The molecule has 1 atom stereocenters. The average Bonchev–Trinajstić information content (AvgIpc) is 2.92. The van der Waals surface area contributed by atoms with E-state index in [1.165, 1.54) is 5.56 Å². The molecule has 23 heavy (non-hydrogen) atoms. The summed E-state index contributed by atoms with van der Waals surface area (Å²) in [4.78, 5) is 22.9. The number of rotatable bonds is 4. The van der Waals surface area contributed by atoms with E-state index in [1.54, 1.807) is 6.07 Å². The molecule has 0 saturated carbocycles. The quantitative estimate of drug-likeness (QED) is 0.643. The van der Waals surface area contributed by atoms with Crippen LogP contribution in [0.25, 0.3) is 11.1 Å². The minimum atomic E-state index is -1.15. The number of carboxylic acid groups (broad SMARTS) is 1. The molecule has 6 heteroatoms. The first-order chi connectivity index (χ1) is 11.1. The van der Waals surface area contributed by atoms with Crippen molar-refractivity contribution < 1.29 is 19.4 Å². The van der Waals surface area contributed by atoms with Gasteiger partial charge >= 0.3 is 12.1 Å². The number of benzene rings is 2. The van der Waals surface area contributed by atoms with Gasteiger partial charge in [0.05, 0.1) is 0 Å². The lowest BCUT2D eigenvalue weighted by molar-refractivity contribution is -0.138. The number of fused-ring (bicyclic) bond motifs is 3. The number of carboxylic acids is 1. The Kier molecular flexibility index (Phi) is 4.25. The van der Waals surface area contributed by atoms with Crippen molar-refractivity contribution in [1.82, 2.24) is 5.32 Å². The molecule has 3 rings (SSSR count). The highest BCUT2D eigenvalue weighted by atomic mass is 32.1. The fraction of sp³-hybridized carbons (Fsp3) is 0.176. The zero-order valence-corrected chi connectivity index (χ0v) is 13.0. The minimum Gasteiger partial charge on any atom is -0.480 e. The van der Waals surface area contributed by atoms with Crippen LogP contribution in [0.5, 0.6) is 5.75 Å². The molecule has 1 aliphatic rings. The molecule has 1 amide bonds. The molecule has 0 radical (unpaired) electrons. The Bertz CT molecular complexity index is 775. The van der Waals surface area contributed by atoms with Gasteiger partial charge in [0.2, 0.25) is 0 Å². The van der Waals surface area contributed by atoms with Gasteiger partial charge in [0.15, 0.2) is 0 Å². The number of hydrogen-bond acceptors (Lipinski definition) is 4. The van der Waals surface area contributed by atoms with Gasteiger partial charge in [-0.05, 0) is 22.8 Å². The largest absolute Gasteiger partial charge is 0.480 e. The van der Waals surface area contributed by atoms with Crippen molar-refractivity contribution in [3.8, 4) is 16.9 Å². The van der Waals surface area contributed by atoms with E-state index in [0.717, 1.165) is 16.7 Å². The molecule has 0 aromatic heterocycles. The van der Waals surface area contributed by atoms with Gasteiger partial charge in [0, 0.05) is 17.7 Å². The van der Waals surface area contributed by atoms with E-state index in [2.05, 4.69) is 17.9 Å². The monoisotopic (exact) mass is 329 g/mol. The van der Waals surface area contributed by atoms with Gasteiger partial charge in [-0.25, -0.2) is 9.59 Å². The molecule has 2 N–H and O–H groups in total. The minimum absolute atomic E-state index is 0.0111. The molecule has 0 heterocycles. The third kappa shape index (κ3) is 3.03. The van der Waals surface area contributed by atoms with Crippen LogP contribution in [0.15, 0.2) is 42.5 Å². The zero-order valence-electron chi connectivity index (χ0n) is 12.2. The number of thiol groups is 1. The number of amides is 1. The smallest absolute Gasteiger partial charge is 0.413 e. The van der Waals surface area contributed by atoms with Crippen molar-refractivity contribution in [2.75, 3.05) is 5.75 Å². The molecule has 0 fully saturated rings. The first-order valence-corrected chi connectivity index (χ1v) is 7.75. The van der Waals surface area contributed by atoms with E-state index in [4.69, 9.17) is 9.84 Å². The lowest BCUT2D eigenvalue weighted by atomic mass is 10.1. The zero-order chi connectivity index (χ0) is 16.4. The molecule has 0 spiro atoms. The van der Waals surface area contributed by atoms with E-state index in [1.807, 2.05) is 36.4 Å². The first kappa shape index (κ1) is 15.4. The fourth-order valence-corrected chi connectivity index (χ4v) is 2.93. The second-order valence-corrected chi connectivity index (χ2v) is 5.59. The second-order valence-electron chi connectivity index (χ2n) is 5.22. The van der Waals surface area contributed by atoms with Crippen molar-refractivity contribution >= 4 is 24.7 Å². The van der Waals surface area contributed by atoms with E-state index in [9.17, 15) is 9.59 Å². The van der Waals surface area contributed by atoms with Crippen LogP contribution in [0, 0.1) is 0 Å². The third-order valence-electron chi connectivity index (χ3n) is 3.78. The van der Waals surface area contributed by atoms with Crippen LogP contribution in [0.1, 0.15) is 11.1 Å². The predicted molar refractivity (Wildman–Crippen MR) is 89.1 cm³/mol. The van der Waals surface area contributed by atoms with Crippen LogP contribution < -0.4 is 10.1 Å². The SMILES string of the molecule is O=C(NC(CS)C(=O)O)Oc1cccc2c1Cc1ccccc1-2. The highest BCUT2D eigenvalue weighted by molar-refractivity contribution is 7.80. The Morgan fingerprint density at radius 1 is 1.17 bits per heavy atom. The Labute approximate surface area is 138 Å². The van der Waals surface area contributed by atoms with Crippen molar-refractivity contribution in [2.45, 2.75) is 12.5 Å². The molecule has 1 aliphatic carbocycles. The number of nitrogens with one attached hydrogen (secondary N) is 1. The predicted octanol–water partition coefficient (Wildman–Crippen LogP) is 2.73. The van der Waals surface area contributed by atoms with Gasteiger partial charge in [0.25, 0.3) is 0 Å². The van der Waals surface area contributed by atoms with Crippen molar-refractivity contribution in [1.29, 1.82) is 0 Å². The maximum atomic E-state index is 11.9. The Hall–Kier alpha value is -2.47. The van der Waals surface area contributed by atoms with Crippen LogP contribution in [0.4, 0.5) is 4.79 Å². The molecule has 2 aromatic carbocycles. The highest BCUT2D eigenvalue weighted by Crippen LogP contribution is 2.40. The molecule has 0 bridgehead atoms. The van der Waals surface area contributed by atoms with E-state index < -0.39 is 18.1 Å². The van der Waals surface area contributed by atoms with Gasteiger partial charge in [0.1, 0.15) is 11.8 Å². The average molecular weight is 329 g/mol. The molecule has 5 nitrogen and oxygen atoms in total. The molecule has 118 valence electrons. The molecule has 0 saturated heterocycles. The number of carbonyl (C=O) groups is 2. The van der Waals surface area contributed by atoms with Crippen LogP contribution in [-0.2, 0) is 11.2 Å². The van der Waals surface area contributed by atoms with Gasteiger partial charge < -0.3 is 15.2 Å². The number of ether oxygens (including phenoxy) is 1. The number of carbonyl (C=O) groups excluding carboxylic acids is 1. The topological polar surface area (TPSA) is 75.6 Å². The molecular formula is C17H15NO4S. The van der Waals surface area contributed by atoms with Crippen LogP contribution >= 0.6 is 12.6 Å². The summed E-state index contributed by atoms with van der Waals surface area (Å²) < 4.78 is 5.32. The normalized spacial score (nSPS) is 12.9. The standard InChI is InChI=1S/C17H15NO4S/c19-16(20)14(9-23)18-17(21)22-15-7-3-6-12-11-5-2-1-4-10(11)8-13(12)15/h1-7,14,23H,8-9H2,(H,18,21)(H,19,20). The molecule has 0 aliphatic heterocycles. The Morgan fingerprint density at radius 3 is 2.65 bits per heavy atom. The van der Waals surface area contributed by atoms with Crippen molar-refractivity contribution in [3.63, 3.8) is 0 Å². The summed E-state index contributed by atoms with van der Waals surface area (Å²) in [7, 11) is 0. The summed E-state index contributed by atoms with van der Waals surface area (Å²) in [5.74, 6) is -0.717. The lowest BCUT2D eigenvalue weighted by Gasteiger charge is -2.13. The highest BCUT2D eigenvalue weighted by Gasteiger charge is 2.24. The van der Waals surface area contributed by atoms with Crippen molar-refractivity contribution in [2.24, 2.45) is 0 Å². The third-order valence-corrected chi connectivity index (χ3v) is 4.15.